The number of benzene rings is 2. The van der Waals surface area contributed by atoms with Crippen molar-refractivity contribution in [3.8, 4) is 5.75 Å². The van der Waals surface area contributed by atoms with E-state index in [0.29, 0.717) is 22.0 Å². The summed E-state index contributed by atoms with van der Waals surface area (Å²) in [6.45, 7) is 2.00. The number of methoxy groups -OCH3 is 1. The molecule has 0 bridgehead atoms. The second kappa shape index (κ2) is 6.50. The molecule has 0 saturated heterocycles. The summed E-state index contributed by atoms with van der Waals surface area (Å²) in [4.78, 5) is 11.3. The van der Waals surface area contributed by atoms with Crippen LogP contribution in [-0.4, -0.2) is 13.0 Å². The van der Waals surface area contributed by atoms with E-state index >= 15 is 0 Å². The Bertz CT molecular complexity index is 658. The van der Waals surface area contributed by atoms with Crippen LogP contribution in [0.3, 0.4) is 0 Å². The molecule has 4 nitrogen and oxygen atoms in total. The van der Waals surface area contributed by atoms with Crippen LogP contribution in [0.1, 0.15) is 28.9 Å². The molecule has 0 spiro atoms. The molecule has 0 fully saturated rings. The average Bonchev–Trinajstić information content (AvgIpc) is 2.47. The number of carbonyl (C=O) groups is 1. The number of rotatable bonds is 5. The summed E-state index contributed by atoms with van der Waals surface area (Å²) in [6, 6.07) is 12.6. The van der Waals surface area contributed by atoms with Gasteiger partial charge in [-0.25, -0.2) is 0 Å². The van der Waals surface area contributed by atoms with Gasteiger partial charge < -0.3 is 15.8 Å². The zero-order valence-electron chi connectivity index (χ0n) is 11.9. The zero-order valence-corrected chi connectivity index (χ0v) is 12.6. The fraction of sp³-hybridized carbons (Fsp3) is 0.188. The summed E-state index contributed by atoms with van der Waals surface area (Å²) in [5.74, 6) is 0.171. The molecule has 0 aliphatic rings. The maximum Gasteiger partial charge on any atom is 0.248 e. The average molecular weight is 305 g/mol. The van der Waals surface area contributed by atoms with Crippen molar-refractivity contribution >= 4 is 23.2 Å². The third kappa shape index (κ3) is 3.67. The van der Waals surface area contributed by atoms with Gasteiger partial charge in [0.2, 0.25) is 5.91 Å². The zero-order chi connectivity index (χ0) is 15.4. The lowest BCUT2D eigenvalue weighted by Crippen LogP contribution is -2.13. The van der Waals surface area contributed by atoms with Crippen molar-refractivity contribution in [2.45, 2.75) is 13.0 Å². The van der Waals surface area contributed by atoms with Crippen LogP contribution < -0.4 is 15.8 Å². The van der Waals surface area contributed by atoms with Gasteiger partial charge in [0.1, 0.15) is 5.75 Å². The Morgan fingerprint density at radius 2 is 2.05 bits per heavy atom. The van der Waals surface area contributed by atoms with Crippen LogP contribution in [0, 0.1) is 0 Å². The Morgan fingerprint density at radius 3 is 2.67 bits per heavy atom. The van der Waals surface area contributed by atoms with Gasteiger partial charge in [-0.2, -0.15) is 0 Å². The van der Waals surface area contributed by atoms with E-state index in [1.165, 1.54) is 0 Å². The molecule has 0 radical (unpaired) electrons. The molecule has 21 heavy (non-hydrogen) atoms. The smallest absolute Gasteiger partial charge is 0.248 e. The van der Waals surface area contributed by atoms with Gasteiger partial charge in [-0.05, 0) is 42.8 Å². The van der Waals surface area contributed by atoms with Gasteiger partial charge in [-0.3, -0.25) is 4.79 Å². The Morgan fingerprint density at radius 1 is 1.29 bits per heavy atom. The first-order chi connectivity index (χ1) is 10.0. The second-order valence-electron chi connectivity index (χ2n) is 4.70. The predicted molar refractivity (Wildman–Crippen MR) is 85.0 cm³/mol. The fourth-order valence-corrected chi connectivity index (χ4v) is 2.27. The summed E-state index contributed by atoms with van der Waals surface area (Å²) in [5, 5.41) is 3.99. The lowest BCUT2D eigenvalue weighted by molar-refractivity contribution is 0.100. The Balaban J connectivity index is 2.29. The molecule has 0 aliphatic carbocycles. The maximum atomic E-state index is 11.3. The van der Waals surface area contributed by atoms with Crippen LogP contribution in [0.5, 0.6) is 5.75 Å². The summed E-state index contributed by atoms with van der Waals surface area (Å²) in [5.41, 5.74) is 7.48. The van der Waals surface area contributed by atoms with Crippen LogP contribution in [0.25, 0.3) is 0 Å². The van der Waals surface area contributed by atoms with Crippen LogP contribution in [0.15, 0.2) is 42.5 Å². The molecule has 1 amide bonds. The fourth-order valence-electron chi connectivity index (χ4n) is 2.07. The molecular formula is C16H17ClN2O2. The first-order valence-corrected chi connectivity index (χ1v) is 6.89. The number of primary amides is 1. The summed E-state index contributed by atoms with van der Waals surface area (Å²) in [7, 11) is 1.58. The van der Waals surface area contributed by atoms with E-state index in [-0.39, 0.29) is 6.04 Å². The van der Waals surface area contributed by atoms with E-state index in [0.717, 1.165) is 5.56 Å². The second-order valence-corrected chi connectivity index (χ2v) is 5.14. The first kappa shape index (κ1) is 15.2. The molecule has 0 aliphatic heterocycles. The molecule has 0 aromatic heterocycles. The number of amides is 1. The van der Waals surface area contributed by atoms with Crippen LogP contribution in [-0.2, 0) is 0 Å². The van der Waals surface area contributed by atoms with Crippen molar-refractivity contribution < 1.29 is 9.53 Å². The molecule has 2 aromatic rings. The summed E-state index contributed by atoms with van der Waals surface area (Å²) >= 11 is 6.00. The van der Waals surface area contributed by atoms with E-state index in [2.05, 4.69) is 5.32 Å². The van der Waals surface area contributed by atoms with E-state index < -0.39 is 5.91 Å². The SMILES string of the molecule is COc1ccc(C(N)=O)cc1NC(C)c1cccc(Cl)c1. The number of ether oxygens (including phenoxy) is 1. The predicted octanol–water partition coefficient (Wildman–Crippen LogP) is 3.62. The maximum absolute atomic E-state index is 11.3. The minimum atomic E-state index is -0.476. The third-order valence-electron chi connectivity index (χ3n) is 3.20. The summed E-state index contributed by atoms with van der Waals surface area (Å²) < 4.78 is 5.30. The number of carbonyl (C=O) groups excluding carboxylic acids is 1. The molecule has 5 heteroatoms. The molecule has 0 saturated carbocycles. The molecule has 2 rings (SSSR count). The highest BCUT2D eigenvalue weighted by Gasteiger charge is 2.12. The molecular weight excluding hydrogens is 288 g/mol. The highest BCUT2D eigenvalue weighted by atomic mass is 35.5. The van der Waals surface area contributed by atoms with Crippen molar-refractivity contribution in [3.05, 3.63) is 58.6 Å². The number of anilines is 1. The molecule has 1 atom stereocenters. The largest absolute Gasteiger partial charge is 0.495 e. The van der Waals surface area contributed by atoms with Crippen molar-refractivity contribution in [2.24, 2.45) is 5.73 Å². The lowest BCUT2D eigenvalue weighted by atomic mass is 10.1. The van der Waals surface area contributed by atoms with E-state index in [4.69, 9.17) is 22.1 Å². The molecule has 0 heterocycles. The standard InChI is InChI=1S/C16H17ClN2O2/c1-10(11-4-3-5-13(17)8-11)19-14-9-12(16(18)20)6-7-15(14)21-2/h3-10,19H,1-2H3,(H2,18,20). The van der Waals surface area contributed by atoms with Gasteiger partial charge in [0.05, 0.1) is 12.8 Å². The summed E-state index contributed by atoms with van der Waals surface area (Å²) in [6.07, 6.45) is 0. The minimum Gasteiger partial charge on any atom is -0.495 e. The Hall–Kier alpha value is -2.20. The van der Waals surface area contributed by atoms with Gasteiger partial charge in [0.25, 0.3) is 0 Å². The van der Waals surface area contributed by atoms with Crippen molar-refractivity contribution in [2.75, 3.05) is 12.4 Å². The topological polar surface area (TPSA) is 64.3 Å². The van der Waals surface area contributed by atoms with Gasteiger partial charge in [0.15, 0.2) is 0 Å². The van der Waals surface area contributed by atoms with Gasteiger partial charge in [0, 0.05) is 16.6 Å². The quantitative estimate of drug-likeness (QED) is 0.886. The number of hydrogen-bond donors (Lipinski definition) is 2. The van der Waals surface area contributed by atoms with E-state index in [1.807, 2.05) is 31.2 Å². The van der Waals surface area contributed by atoms with Gasteiger partial charge in [-0.1, -0.05) is 23.7 Å². The van der Waals surface area contributed by atoms with Crippen LogP contribution in [0.2, 0.25) is 5.02 Å². The Labute approximate surface area is 128 Å². The lowest BCUT2D eigenvalue weighted by Gasteiger charge is -2.18. The monoisotopic (exact) mass is 304 g/mol. The van der Waals surface area contributed by atoms with Gasteiger partial charge in [-0.15, -0.1) is 0 Å². The molecule has 2 aromatic carbocycles. The highest BCUT2D eigenvalue weighted by molar-refractivity contribution is 6.30. The van der Waals surface area contributed by atoms with Gasteiger partial charge >= 0.3 is 0 Å². The van der Waals surface area contributed by atoms with Crippen molar-refractivity contribution in [1.82, 2.24) is 0 Å². The van der Waals surface area contributed by atoms with E-state index in [1.54, 1.807) is 25.3 Å². The highest BCUT2D eigenvalue weighted by Crippen LogP contribution is 2.29. The number of nitrogens with two attached hydrogens (primary N) is 1. The number of halogens is 1. The van der Waals surface area contributed by atoms with Crippen molar-refractivity contribution in [1.29, 1.82) is 0 Å². The number of hydrogen-bond acceptors (Lipinski definition) is 3. The van der Waals surface area contributed by atoms with E-state index in [9.17, 15) is 4.79 Å². The third-order valence-corrected chi connectivity index (χ3v) is 3.44. The van der Waals surface area contributed by atoms with Crippen molar-refractivity contribution in [3.63, 3.8) is 0 Å². The number of nitrogens with one attached hydrogen (secondary N) is 1. The van der Waals surface area contributed by atoms with Crippen LogP contribution >= 0.6 is 11.6 Å². The molecule has 1 unspecified atom stereocenters. The van der Waals surface area contributed by atoms with Crippen LogP contribution in [0.4, 0.5) is 5.69 Å². The normalized spacial score (nSPS) is 11.8. The molecule has 3 N–H and O–H groups in total. The Kier molecular flexibility index (Phi) is 4.70. The molecule has 110 valence electrons. The minimum absolute atomic E-state index is 0.000673. The first-order valence-electron chi connectivity index (χ1n) is 6.51.